The van der Waals surface area contributed by atoms with Gasteiger partial charge in [-0.3, -0.25) is 10.2 Å². The molecule has 4 unspecified atom stereocenters. The quantitative estimate of drug-likeness (QED) is 0.454. The van der Waals surface area contributed by atoms with Crippen molar-refractivity contribution in [2.45, 2.75) is 55.9 Å². The minimum Gasteiger partial charge on any atom is -0.497 e. The van der Waals surface area contributed by atoms with Crippen LogP contribution in [0.4, 0.5) is 21.8 Å². The van der Waals surface area contributed by atoms with Gasteiger partial charge in [0.2, 0.25) is 11.9 Å². The van der Waals surface area contributed by atoms with Crippen LogP contribution in [-0.4, -0.2) is 61.6 Å². The molecule has 4 N–H and O–H groups in total. The highest BCUT2D eigenvalue weighted by molar-refractivity contribution is 6.09. The number of rotatable bonds is 6. The fourth-order valence-electron chi connectivity index (χ4n) is 7.33. The number of hydrogen-bond acceptors (Lipinski definition) is 9. The SMILES string of the molecule is COc1ccc2c(c1)[C@]1(C[C@H]1C1CCC3C(C1)NNC3Nc1nc(N3CC[C@@H](F)C3)ncc1OC)C(=O)N2. The van der Waals surface area contributed by atoms with Gasteiger partial charge in [0.05, 0.1) is 38.5 Å². The van der Waals surface area contributed by atoms with Crippen molar-refractivity contribution < 1.29 is 18.7 Å². The largest absolute Gasteiger partial charge is 0.497 e. The number of nitrogens with zero attached hydrogens (tertiary/aromatic N) is 3. The molecule has 7 rings (SSSR count). The minimum absolute atomic E-state index is 0.0296. The smallest absolute Gasteiger partial charge is 0.235 e. The Bertz CT molecular complexity index is 1260. The van der Waals surface area contributed by atoms with E-state index in [1.807, 2.05) is 23.1 Å². The van der Waals surface area contributed by atoms with E-state index in [4.69, 9.17) is 14.5 Å². The van der Waals surface area contributed by atoms with Crippen LogP contribution in [0.5, 0.6) is 11.5 Å². The van der Waals surface area contributed by atoms with Crippen LogP contribution in [0.3, 0.4) is 0 Å². The topological polar surface area (TPSA) is 113 Å². The summed E-state index contributed by atoms with van der Waals surface area (Å²) in [4.78, 5) is 24.1. The number of benzene rings is 1. The lowest BCUT2D eigenvalue weighted by Crippen LogP contribution is -2.39. The van der Waals surface area contributed by atoms with Crippen molar-refractivity contribution in [1.82, 2.24) is 20.8 Å². The number of anilines is 3. The Balaban J connectivity index is 1.04. The van der Waals surface area contributed by atoms with Crippen LogP contribution >= 0.6 is 0 Å². The number of alkyl halides is 1. The van der Waals surface area contributed by atoms with Crippen molar-refractivity contribution in [1.29, 1.82) is 0 Å². The Kier molecular flexibility index (Phi) is 5.63. The number of ether oxygens (including phenoxy) is 2. The van der Waals surface area contributed by atoms with Gasteiger partial charge in [-0.1, -0.05) is 0 Å². The van der Waals surface area contributed by atoms with Crippen LogP contribution in [-0.2, 0) is 10.2 Å². The number of carbonyl (C=O) groups is 1. The third-order valence-electron chi connectivity index (χ3n) is 9.41. The molecule has 0 radical (unpaired) electrons. The highest BCUT2D eigenvalue weighted by Gasteiger charge is 2.67. The van der Waals surface area contributed by atoms with E-state index in [2.05, 4.69) is 26.5 Å². The van der Waals surface area contributed by atoms with Crippen LogP contribution in [0.25, 0.3) is 0 Å². The molecule has 1 spiro atoms. The summed E-state index contributed by atoms with van der Waals surface area (Å²) in [5, 5.41) is 6.64. The summed E-state index contributed by atoms with van der Waals surface area (Å²) in [6.07, 6.45) is 5.28. The Morgan fingerprint density at radius 2 is 2.08 bits per heavy atom. The van der Waals surface area contributed by atoms with Crippen molar-refractivity contribution in [2.24, 2.45) is 17.8 Å². The van der Waals surface area contributed by atoms with Crippen LogP contribution in [0.15, 0.2) is 24.4 Å². The number of fused-ring (bicyclic) bond motifs is 3. The third kappa shape index (κ3) is 3.70. The van der Waals surface area contributed by atoms with Crippen molar-refractivity contribution >= 4 is 23.4 Å². The lowest BCUT2D eigenvalue weighted by Gasteiger charge is -2.34. The highest BCUT2D eigenvalue weighted by atomic mass is 19.1. The Hall–Kier alpha value is -3.18. The zero-order valence-electron chi connectivity index (χ0n) is 21.7. The molecule has 1 aromatic heterocycles. The molecule has 5 aliphatic rings. The zero-order chi connectivity index (χ0) is 26.0. The van der Waals surface area contributed by atoms with E-state index in [1.165, 1.54) is 0 Å². The maximum absolute atomic E-state index is 13.8. The molecule has 1 aromatic carbocycles. The lowest BCUT2D eigenvalue weighted by molar-refractivity contribution is -0.118. The maximum atomic E-state index is 13.8. The molecule has 4 heterocycles. The summed E-state index contributed by atoms with van der Waals surface area (Å²) in [6.45, 7) is 0.930. The molecular weight excluding hydrogens is 489 g/mol. The molecule has 11 heteroatoms. The first-order valence-corrected chi connectivity index (χ1v) is 13.6. The first-order chi connectivity index (χ1) is 18.5. The first kappa shape index (κ1) is 23.9. The van der Waals surface area contributed by atoms with E-state index >= 15 is 0 Å². The van der Waals surface area contributed by atoms with Gasteiger partial charge in [0, 0.05) is 24.2 Å². The number of halogens is 1. The molecular formula is C27H34FN7O3. The van der Waals surface area contributed by atoms with Crippen molar-refractivity contribution in [3.05, 3.63) is 30.0 Å². The molecule has 2 saturated heterocycles. The van der Waals surface area contributed by atoms with Gasteiger partial charge in [-0.2, -0.15) is 4.98 Å². The molecule has 4 fully saturated rings. The third-order valence-corrected chi connectivity index (χ3v) is 9.41. The number of nitrogens with one attached hydrogen (secondary N) is 4. The second-order valence-electron chi connectivity index (χ2n) is 11.3. The number of amides is 1. The molecule has 0 bridgehead atoms. The molecule has 3 aliphatic heterocycles. The molecule has 7 atom stereocenters. The summed E-state index contributed by atoms with van der Waals surface area (Å²) in [5.74, 6) is 3.78. The summed E-state index contributed by atoms with van der Waals surface area (Å²) < 4.78 is 24.7. The molecule has 10 nitrogen and oxygen atoms in total. The fourth-order valence-corrected chi connectivity index (χ4v) is 7.33. The van der Waals surface area contributed by atoms with E-state index < -0.39 is 11.6 Å². The highest BCUT2D eigenvalue weighted by Crippen LogP contribution is 2.65. The predicted molar refractivity (Wildman–Crippen MR) is 140 cm³/mol. The monoisotopic (exact) mass is 523 g/mol. The van der Waals surface area contributed by atoms with Crippen molar-refractivity contribution in [2.75, 3.05) is 42.8 Å². The summed E-state index contributed by atoms with van der Waals surface area (Å²) in [6, 6.07) is 6.18. The van der Waals surface area contributed by atoms with Crippen LogP contribution in [0.2, 0.25) is 0 Å². The average molecular weight is 524 g/mol. The van der Waals surface area contributed by atoms with E-state index in [1.54, 1.807) is 20.4 Å². The normalized spacial score (nSPS) is 35.1. The number of hydrazine groups is 1. The van der Waals surface area contributed by atoms with Crippen molar-refractivity contribution in [3.8, 4) is 11.5 Å². The van der Waals surface area contributed by atoms with Gasteiger partial charge in [-0.25, -0.2) is 14.8 Å². The Labute approximate surface area is 221 Å². The van der Waals surface area contributed by atoms with E-state index in [-0.39, 0.29) is 18.1 Å². The second kappa shape index (κ2) is 8.94. The van der Waals surface area contributed by atoms with Gasteiger partial charge in [0.25, 0.3) is 0 Å². The molecule has 2 aromatic rings. The Morgan fingerprint density at radius 3 is 2.87 bits per heavy atom. The molecule has 202 valence electrons. The number of methoxy groups -OCH3 is 2. The van der Waals surface area contributed by atoms with Crippen molar-refractivity contribution in [3.63, 3.8) is 0 Å². The molecule has 38 heavy (non-hydrogen) atoms. The van der Waals surface area contributed by atoms with Gasteiger partial charge in [0.15, 0.2) is 11.6 Å². The minimum atomic E-state index is -0.842. The summed E-state index contributed by atoms with van der Waals surface area (Å²) in [5.41, 5.74) is 8.54. The van der Waals surface area contributed by atoms with Gasteiger partial charge < -0.3 is 25.0 Å². The molecule has 2 aliphatic carbocycles. The van der Waals surface area contributed by atoms with Gasteiger partial charge in [0.1, 0.15) is 11.9 Å². The van der Waals surface area contributed by atoms with Gasteiger partial charge in [-0.05, 0) is 67.7 Å². The molecule has 2 saturated carbocycles. The summed E-state index contributed by atoms with van der Waals surface area (Å²) >= 11 is 0. The van der Waals surface area contributed by atoms with Crippen LogP contribution in [0.1, 0.15) is 37.7 Å². The van der Waals surface area contributed by atoms with E-state index in [0.717, 1.165) is 42.7 Å². The van der Waals surface area contributed by atoms with Gasteiger partial charge in [-0.15, -0.1) is 0 Å². The number of carbonyl (C=O) groups excluding carboxylic acids is 1. The predicted octanol–water partition coefficient (Wildman–Crippen LogP) is 2.58. The summed E-state index contributed by atoms with van der Waals surface area (Å²) in [7, 11) is 3.26. The lowest BCUT2D eigenvalue weighted by atomic mass is 9.74. The molecule has 1 amide bonds. The van der Waals surface area contributed by atoms with Crippen LogP contribution < -0.4 is 35.9 Å². The Morgan fingerprint density at radius 1 is 1.18 bits per heavy atom. The van der Waals surface area contributed by atoms with Crippen LogP contribution in [0, 0.1) is 17.8 Å². The average Bonchev–Trinajstić information content (AvgIpc) is 3.17. The van der Waals surface area contributed by atoms with Gasteiger partial charge >= 0.3 is 0 Å². The van der Waals surface area contributed by atoms with E-state index in [0.29, 0.717) is 54.8 Å². The first-order valence-electron chi connectivity index (χ1n) is 13.6. The standard InChI is InChI=1S/C27H34FN7O3/c1-37-16-4-6-20-18(10-16)27(25(36)30-20)11-19(27)14-3-5-17-21(9-14)33-34-23(17)31-24-22(38-2)12-29-26(32-24)35-8-7-15(28)13-35/h4,6,10,12,14-15,17,19,21,23,33-34H,3,5,7-9,11,13H2,1-2H3,(H,30,36)(H,29,31,32)/t14?,15-,17?,19+,21?,23?,27+/m1/s1. The van der Waals surface area contributed by atoms with E-state index in [9.17, 15) is 9.18 Å². The zero-order valence-corrected chi connectivity index (χ0v) is 21.7. The number of aromatic nitrogens is 2. The maximum Gasteiger partial charge on any atom is 0.235 e. The second-order valence-corrected chi connectivity index (χ2v) is 11.3. The fraction of sp³-hybridized carbons (Fsp3) is 0.593. The number of hydrogen-bond donors (Lipinski definition) is 4.